The summed E-state index contributed by atoms with van der Waals surface area (Å²) in [5.74, 6) is 0. The molecule has 3 rings (SSSR count). The fourth-order valence-electron chi connectivity index (χ4n) is 2.74. The van der Waals surface area contributed by atoms with Gasteiger partial charge in [-0.15, -0.1) is 0 Å². The summed E-state index contributed by atoms with van der Waals surface area (Å²) in [5, 5.41) is 1.29. The van der Waals surface area contributed by atoms with Crippen LogP contribution in [0.1, 0.15) is 12.5 Å². The van der Waals surface area contributed by atoms with Crippen LogP contribution in [0.3, 0.4) is 0 Å². The minimum Gasteiger partial charge on any atom is -0.361 e. The van der Waals surface area contributed by atoms with E-state index in [1.54, 1.807) is 6.07 Å². The van der Waals surface area contributed by atoms with E-state index in [-0.39, 0.29) is 21.0 Å². The molecule has 0 fully saturated rings. The van der Waals surface area contributed by atoms with Crippen molar-refractivity contribution in [3.63, 3.8) is 0 Å². The second-order valence-electron chi connectivity index (χ2n) is 5.64. The van der Waals surface area contributed by atoms with E-state index in [2.05, 4.69) is 9.71 Å². The van der Waals surface area contributed by atoms with Crippen LogP contribution in [0.4, 0.5) is 0 Å². The number of aromatic nitrogens is 1. The van der Waals surface area contributed by atoms with Gasteiger partial charge >= 0.3 is 0 Å². The number of H-pyrrole nitrogens is 1. The molecule has 1 aromatic heterocycles. The molecule has 1 heterocycles. The minimum atomic E-state index is -3.80. The first-order valence-electron chi connectivity index (χ1n) is 7.40. The molecule has 0 bridgehead atoms. The highest BCUT2D eigenvalue weighted by Gasteiger charge is 2.23. The Kier molecular flexibility index (Phi) is 4.88. The molecule has 0 saturated heterocycles. The molecular formula is C17H16Cl2N2O2S. The van der Waals surface area contributed by atoms with Gasteiger partial charge in [0.15, 0.2) is 0 Å². The van der Waals surface area contributed by atoms with Gasteiger partial charge in [0.1, 0.15) is 4.90 Å². The fraction of sp³-hybridized carbons (Fsp3) is 0.176. The number of hydrogen-bond acceptors (Lipinski definition) is 2. The average molecular weight is 383 g/mol. The van der Waals surface area contributed by atoms with Crippen molar-refractivity contribution in [1.82, 2.24) is 9.71 Å². The Morgan fingerprint density at radius 2 is 1.75 bits per heavy atom. The van der Waals surface area contributed by atoms with Crippen molar-refractivity contribution in [3.05, 3.63) is 64.3 Å². The second-order valence-corrected chi connectivity index (χ2v) is 8.10. The van der Waals surface area contributed by atoms with Crippen LogP contribution in [-0.2, 0) is 16.4 Å². The van der Waals surface area contributed by atoms with Gasteiger partial charge in [-0.1, -0.05) is 47.5 Å². The molecule has 0 aliphatic rings. The first-order valence-corrected chi connectivity index (χ1v) is 9.64. The number of aromatic amines is 1. The van der Waals surface area contributed by atoms with Crippen LogP contribution >= 0.6 is 23.2 Å². The molecule has 7 heteroatoms. The van der Waals surface area contributed by atoms with Crippen molar-refractivity contribution < 1.29 is 8.42 Å². The van der Waals surface area contributed by atoms with Crippen LogP contribution in [0.25, 0.3) is 10.9 Å². The molecule has 0 amide bonds. The summed E-state index contributed by atoms with van der Waals surface area (Å²) in [6.07, 6.45) is 2.45. The van der Waals surface area contributed by atoms with Gasteiger partial charge in [-0.3, -0.25) is 0 Å². The van der Waals surface area contributed by atoms with Crippen molar-refractivity contribution in [3.8, 4) is 0 Å². The third-order valence-electron chi connectivity index (χ3n) is 3.75. The summed E-state index contributed by atoms with van der Waals surface area (Å²) in [4.78, 5) is 3.10. The van der Waals surface area contributed by atoms with E-state index in [1.165, 1.54) is 12.1 Å². The molecule has 0 aliphatic carbocycles. The molecule has 0 aliphatic heterocycles. The lowest BCUT2D eigenvalue weighted by Gasteiger charge is -2.15. The molecule has 3 aromatic rings. The molecule has 24 heavy (non-hydrogen) atoms. The Hall–Kier alpha value is -1.53. The highest BCUT2D eigenvalue weighted by atomic mass is 35.5. The standard InChI is InChI=1S/C17H16Cl2N2O2S/c1-11(9-12-10-20-16-8-3-2-5-13(12)16)21-24(22,23)17-14(18)6-4-7-15(17)19/h2-8,10-11,20-21H,9H2,1H3. The molecule has 2 aromatic carbocycles. The van der Waals surface area contributed by atoms with E-state index in [0.717, 1.165) is 16.5 Å². The first kappa shape index (κ1) is 17.3. The number of para-hydroxylation sites is 1. The van der Waals surface area contributed by atoms with Crippen LogP contribution < -0.4 is 4.72 Å². The highest BCUT2D eigenvalue weighted by Crippen LogP contribution is 2.29. The number of sulfonamides is 1. The minimum absolute atomic E-state index is 0.0842. The summed E-state index contributed by atoms with van der Waals surface area (Å²) in [6, 6.07) is 12.2. The summed E-state index contributed by atoms with van der Waals surface area (Å²) < 4.78 is 27.8. The van der Waals surface area contributed by atoms with Crippen LogP contribution in [0.15, 0.2) is 53.6 Å². The first-order chi connectivity index (χ1) is 11.4. The largest absolute Gasteiger partial charge is 0.361 e. The van der Waals surface area contributed by atoms with Crippen molar-refractivity contribution >= 4 is 44.1 Å². The van der Waals surface area contributed by atoms with E-state index < -0.39 is 10.0 Å². The molecule has 0 spiro atoms. The number of hydrogen-bond donors (Lipinski definition) is 2. The zero-order valence-electron chi connectivity index (χ0n) is 12.9. The molecule has 2 N–H and O–H groups in total. The predicted octanol–water partition coefficient (Wildman–Crippen LogP) is 4.38. The van der Waals surface area contributed by atoms with Gasteiger partial charge in [0, 0.05) is 23.1 Å². The van der Waals surface area contributed by atoms with Crippen LogP contribution in [0, 0.1) is 0 Å². The smallest absolute Gasteiger partial charge is 0.243 e. The zero-order chi connectivity index (χ0) is 17.3. The number of benzene rings is 2. The lowest BCUT2D eigenvalue weighted by molar-refractivity contribution is 0.560. The van der Waals surface area contributed by atoms with E-state index >= 15 is 0 Å². The summed E-state index contributed by atoms with van der Waals surface area (Å²) >= 11 is 12.0. The van der Waals surface area contributed by atoms with Gasteiger partial charge in [0.05, 0.1) is 10.0 Å². The molecule has 4 nitrogen and oxygen atoms in total. The molecule has 1 unspecified atom stereocenters. The molecule has 1 atom stereocenters. The third-order valence-corrected chi connectivity index (χ3v) is 6.29. The number of nitrogens with one attached hydrogen (secondary N) is 2. The average Bonchev–Trinajstić information content (AvgIpc) is 2.89. The van der Waals surface area contributed by atoms with Gasteiger partial charge < -0.3 is 4.98 Å². The zero-order valence-corrected chi connectivity index (χ0v) is 15.2. The van der Waals surface area contributed by atoms with Crippen LogP contribution in [-0.4, -0.2) is 19.4 Å². The maximum Gasteiger partial charge on any atom is 0.243 e. The van der Waals surface area contributed by atoms with Crippen molar-refractivity contribution in [2.45, 2.75) is 24.3 Å². The van der Waals surface area contributed by atoms with Gasteiger partial charge in [0.25, 0.3) is 0 Å². The monoisotopic (exact) mass is 382 g/mol. The maximum atomic E-state index is 12.6. The molecule has 0 saturated carbocycles. The van der Waals surface area contributed by atoms with Crippen molar-refractivity contribution in [2.24, 2.45) is 0 Å². The Morgan fingerprint density at radius 3 is 2.46 bits per heavy atom. The van der Waals surface area contributed by atoms with E-state index in [4.69, 9.17) is 23.2 Å². The van der Waals surface area contributed by atoms with E-state index in [0.29, 0.717) is 6.42 Å². The second kappa shape index (κ2) is 6.76. The van der Waals surface area contributed by atoms with Gasteiger partial charge in [0.2, 0.25) is 10.0 Å². The van der Waals surface area contributed by atoms with Crippen LogP contribution in [0.2, 0.25) is 10.0 Å². The Morgan fingerprint density at radius 1 is 1.08 bits per heavy atom. The van der Waals surface area contributed by atoms with Gasteiger partial charge in [-0.05, 0) is 37.1 Å². The molecule has 0 radical (unpaired) electrons. The lowest BCUT2D eigenvalue weighted by Crippen LogP contribution is -2.34. The summed E-state index contributed by atoms with van der Waals surface area (Å²) in [6.45, 7) is 1.81. The Labute approximate surface area is 150 Å². The fourth-order valence-corrected chi connectivity index (χ4v) is 5.12. The third kappa shape index (κ3) is 3.44. The topological polar surface area (TPSA) is 62.0 Å². The van der Waals surface area contributed by atoms with Crippen molar-refractivity contribution in [2.75, 3.05) is 0 Å². The molecular weight excluding hydrogens is 367 g/mol. The number of rotatable bonds is 5. The van der Waals surface area contributed by atoms with Gasteiger partial charge in [-0.25, -0.2) is 13.1 Å². The number of fused-ring (bicyclic) bond motifs is 1. The Balaban J connectivity index is 1.83. The van der Waals surface area contributed by atoms with Crippen molar-refractivity contribution in [1.29, 1.82) is 0 Å². The SMILES string of the molecule is CC(Cc1c[nH]c2ccccc12)NS(=O)(=O)c1c(Cl)cccc1Cl. The number of halogens is 2. The molecule has 126 valence electrons. The van der Waals surface area contributed by atoms with E-state index in [1.807, 2.05) is 37.4 Å². The Bertz CT molecular complexity index is 963. The van der Waals surface area contributed by atoms with E-state index in [9.17, 15) is 8.42 Å². The summed E-state index contributed by atoms with van der Waals surface area (Å²) in [5.41, 5.74) is 2.07. The maximum absolute atomic E-state index is 12.6. The quantitative estimate of drug-likeness (QED) is 0.687. The summed E-state index contributed by atoms with van der Waals surface area (Å²) in [7, 11) is -3.80. The predicted molar refractivity (Wildman–Crippen MR) is 98.2 cm³/mol. The lowest BCUT2D eigenvalue weighted by atomic mass is 10.1. The van der Waals surface area contributed by atoms with Gasteiger partial charge in [-0.2, -0.15) is 0 Å². The highest BCUT2D eigenvalue weighted by molar-refractivity contribution is 7.89. The normalized spacial score (nSPS) is 13.3. The van der Waals surface area contributed by atoms with Crippen LogP contribution in [0.5, 0.6) is 0 Å².